The topological polar surface area (TPSA) is 37.6 Å². The molecule has 5 unspecified atom stereocenters. The summed E-state index contributed by atoms with van der Waals surface area (Å²) in [6.45, 7) is 8.87. The second kappa shape index (κ2) is 2.97. The van der Waals surface area contributed by atoms with Gasteiger partial charge in [-0.25, -0.2) is 0 Å². The SMILES string of the molecule is CC1(C)OC1CCC1(C)OC12CCC1(C)OC1C2. The lowest BCUT2D eigenvalue weighted by atomic mass is 9.75. The van der Waals surface area contributed by atoms with E-state index >= 15 is 0 Å². The molecule has 3 saturated heterocycles. The van der Waals surface area contributed by atoms with Crippen molar-refractivity contribution in [2.45, 2.75) is 94.4 Å². The van der Waals surface area contributed by atoms with Gasteiger partial charge >= 0.3 is 0 Å². The molecule has 18 heavy (non-hydrogen) atoms. The summed E-state index contributed by atoms with van der Waals surface area (Å²) in [6.07, 6.45) is 6.61. The first-order chi connectivity index (χ1) is 8.29. The highest BCUT2D eigenvalue weighted by molar-refractivity contribution is 5.22. The Morgan fingerprint density at radius 1 is 1.06 bits per heavy atom. The van der Waals surface area contributed by atoms with E-state index in [4.69, 9.17) is 14.2 Å². The molecule has 1 saturated carbocycles. The molecule has 4 rings (SSSR count). The Balaban J connectivity index is 1.36. The molecule has 4 fully saturated rings. The second-order valence-electron chi connectivity index (χ2n) is 7.70. The standard InChI is InChI=1S/C15H24O3/c1-12(2)10(16-12)5-6-14(4)15(18-14)8-7-13(3)11(9-15)17-13/h10-11H,5-9H2,1-4H3. The summed E-state index contributed by atoms with van der Waals surface area (Å²) in [7, 11) is 0. The maximum absolute atomic E-state index is 6.19. The van der Waals surface area contributed by atoms with Crippen molar-refractivity contribution in [3.8, 4) is 0 Å². The molecule has 1 spiro atoms. The molecule has 0 radical (unpaired) electrons. The van der Waals surface area contributed by atoms with Crippen molar-refractivity contribution in [2.75, 3.05) is 0 Å². The third-order valence-electron chi connectivity index (χ3n) is 5.97. The lowest BCUT2D eigenvalue weighted by Crippen LogP contribution is -2.33. The van der Waals surface area contributed by atoms with Crippen LogP contribution in [0, 0.1) is 0 Å². The zero-order chi connectivity index (χ0) is 12.8. The van der Waals surface area contributed by atoms with Crippen molar-refractivity contribution in [3.63, 3.8) is 0 Å². The van der Waals surface area contributed by atoms with Crippen molar-refractivity contribution in [1.82, 2.24) is 0 Å². The first-order valence-electron chi connectivity index (χ1n) is 7.35. The van der Waals surface area contributed by atoms with Gasteiger partial charge in [-0.2, -0.15) is 0 Å². The lowest BCUT2D eigenvalue weighted by molar-refractivity contribution is 0.222. The van der Waals surface area contributed by atoms with Crippen molar-refractivity contribution < 1.29 is 14.2 Å². The quantitative estimate of drug-likeness (QED) is 0.725. The largest absolute Gasteiger partial charge is 0.367 e. The monoisotopic (exact) mass is 252 g/mol. The van der Waals surface area contributed by atoms with Crippen LogP contribution in [0.15, 0.2) is 0 Å². The zero-order valence-electron chi connectivity index (χ0n) is 11.9. The number of epoxide rings is 3. The minimum absolute atomic E-state index is 0.0856. The molecule has 0 bridgehead atoms. The highest BCUT2D eigenvalue weighted by atomic mass is 16.6. The van der Waals surface area contributed by atoms with Crippen LogP contribution >= 0.6 is 0 Å². The van der Waals surface area contributed by atoms with E-state index in [9.17, 15) is 0 Å². The van der Waals surface area contributed by atoms with E-state index in [1.54, 1.807) is 0 Å². The molecular weight excluding hydrogens is 228 g/mol. The van der Waals surface area contributed by atoms with Crippen LogP contribution in [0.25, 0.3) is 0 Å². The van der Waals surface area contributed by atoms with Gasteiger partial charge in [-0.15, -0.1) is 0 Å². The average Bonchev–Trinajstić information content (AvgIpc) is 3.17. The second-order valence-corrected chi connectivity index (χ2v) is 7.70. The van der Waals surface area contributed by atoms with Crippen molar-refractivity contribution in [1.29, 1.82) is 0 Å². The predicted molar refractivity (Wildman–Crippen MR) is 67.5 cm³/mol. The van der Waals surface area contributed by atoms with Crippen molar-refractivity contribution >= 4 is 0 Å². The molecule has 3 nitrogen and oxygen atoms in total. The van der Waals surface area contributed by atoms with Gasteiger partial charge in [0.15, 0.2) is 0 Å². The van der Waals surface area contributed by atoms with E-state index in [-0.39, 0.29) is 22.4 Å². The van der Waals surface area contributed by atoms with Gasteiger partial charge in [-0.05, 0) is 53.4 Å². The van der Waals surface area contributed by atoms with Crippen LogP contribution in [0.3, 0.4) is 0 Å². The van der Waals surface area contributed by atoms with Gasteiger partial charge in [-0.1, -0.05) is 0 Å². The van der Waals surface area contributed by atoms with Gasteiger partial charge in [0.2, 0.25) is 0 Å². The van der Waals surface area contributed by atoms with Crippen LogP contribution < -0.4 is 0 Å². The summed E-state index contributed by atoms with van der Waals surface area (Å²) in [6, 6.07) is 0. The molecule has 3 aliphatic heterocycles. The molecule has 4 aliphatic rings. The molecule has 5 atom stereocenters. The van der Waals surface area contributed by atoms with E-state index in [0.29, 0.717) is 12.2 Å². The van der Waals surface area contributed by atoms with Crippen molar-refractivity contribution in [3.05, 3.63) is 0 Å². The molecule has 3 heterocycles. The van der Waals surface area contributed by atoms with Crippen LogP contribution in [-0.2, 0) is 14.2 Å². The molecule has 1 aliphatic carbocycles. The molecule has 0 aromatic rings. The fourth-order valence-electron chi connectivity index (χ4n) is 4.02. The lowest BCUT2D eigenvalue weighted by Gasteiger charge is -2.22. The molecule has 0 aromatic carbocycles. The fraction of sp³-hybridized carbons (Fsp3) is 1.00. The Labute approximate surface area is 109 Å². The highest BCUT2D eigenvalue weighted by Crippen LogP contribution is 2.65. The molecule has 0 N–H and O–H groups in total. The third kappa shape index (κ3) is 1.47. The molecule has 3 heteroatoms. The fourth-order valence-corrected chi connectivity index (χ4v) is 4.02. The van der Waals surface area contributed by atoms with Gasteiger partial charge in [-0.3, -0.25) is 0 Å². The average molecular weight is 252 g/mol. The van der Waals surface area contributed by atoms with Crippen LogP contribution in [0.5, 0.6) is 0 Å². The van der Waals surface area contributed by atoms with E-state index in [1.165, 1.54) is 12.8 Å². The predicted octanol–water partition coefficient (Wildman–Crippen LogP) is 2.81. The summed E-state index contributed by atoms with van der Waals surface area (Å²) in [5.74, 6) is 0. The Morgan fingerprint density at radius 3 is 2.39 bits per heavy atom. The normalized spacial score (nSPS) is 59.3. The summed E-state index contributed by atoms with van der Waals surface area (Å²) in [5.41, 5.74) is 0.526. The molecule has 0 aromatic heterocycles. The van der Waals surface area contributed by atoms with Gasteiger partial charge in [0, 0.05) is 6.42 Å². The molecular formula is C15H24O3. The van der Waals surface area contributed by atoms with E-state index < -0.39 is 0 Å². The Hall–Kier alpha value is -0.120. The van der Waals surface area contributed by atoms with Gasteiger partial charge in [0.25, 0.3) is 0 Å². The Bertz CT molecular complexity index is 407. The van der Waals surface area contributed by atoms with E-state index in [0.717, 1.165) is 19.3 Å². The summed E-state index contributed by atoms with van der Waals surface area (Å²) in [5, 5.41) is 0. The minimum atomic E-state index is 0.0856. The number of hydrogen-bond donors (Lipinski definition) is 0. The van der Waals surface area contributed by atoms with Gasteiger partial charge < -0.3 is 14.2 Å². The Morgan fingerprint density at radius 2 is 1.78 bits per heavy atom. The summed E-state index contributed by atoms with van der Waals surface area (Å²) >= 11 is 0. The first-order valence-corrected chi connectivity index (χ1v) is 7.35. The van der Waals surface area contributed by atoms with Crippen LogP contribution in [0.1, 0.15) is 59.8 Å². The highest BCUT2D eigenvalue weighted by Gasteiger charge is 2.73. The number of ether oxygens (including phenoxy) is 3. The van der Waals surface area contributed by atoms with Crippen LogP contribution in [-0.4, -0.2) is 34.6 Å². The first kappa shape index (κ1) is 11.7. The van der Waals surface area contributed by atoms with E-state index in [1.807, 2.05) is 0 Å². The smallest absolute Gasteiger partial charge is 0.100 e. The number of rotatable bonds is 3. The molecule has 102 valence electrons. The van der Waals surface area contributed by atoms with Crippen molar-refractivity contribution in [2.24, 2.45) is 0 Å². The van der Waals surface area contributed by atoms with Gasteiger partial charge in [0.05, 0.1) is 29.0 Å². The number of fused-ring (bicyclic) bond motifs is 1. The van der Waals surface area contributed by atoms with Gasteiger partial charge in [0.1, 0.15) is 5.60 Å². The molecule has 0 amide bonds. The zero-order valence-corrected chi connectivity index (χ0v) is 11.9. The third-order valence-corrected chi connectivity index (χ3v) is 5.97. The minimum Gasteiger partial charge on any atom is -0.367 e. The summed E-state index contributed by atoms with van der Waals surface area (Å²) < 4.78 is 17.7. The number of hydrogen-bond acceptors (Lipinski definition) is 3. The van der Waals surface area contributed by atoms with E-state index in [2.05, 4.69) is 27.7 Å². The van der Waals surface area contributed by atoms with Crippen LogP contribution in [0.2, 0.25) is 0 Å². The Kier molecular flexibility index (Phi) is 1.93. The van der Waals surface area contributed by atoms with Crippen LogP contribution in [0.4, 0.5) is 0 Å². The summed E-state index contributed by atoms with van der Waals surface area (Å²) in [4.78, 5) is 0. The maximum atomic E-state index is 6.19. The maximum Gasteiger partial charge on any atom is 0.100 e.